The number of halogens is 3. The molecule has 3 nitrogen and oxygen atoms in total. The first-order chi connectivity index (χ1) is 11.6. The first-order valence-corrected chi connectivity index (χ1v) is 7.92. The maximum absolute atomic E-state index is 12.6. The highest BCUT2D eigenvalue weighted by atomic mass is 19.4. The maximum atomic E-state index is 12.6. The molecule has 0 N–H and O–H groups in total. The number of ether oxygens (including phenoxy) is 1. The van der Waals surface area contributed by atoms with Gasteiger partial charge in [0.2, 0.25) is 0 Å². The summed E-state index contributed by atoms with van der Waals surface area (Å²) in [6.45, 7) is 7.21. The first kappa shape index (κ1) is 17.3. The summed E-state index contributed by atoms with van der Waals surface area (Å²) in [4.78, 5) is 4.39. The fraction of sp³-hybridized carbons (Fsp3) is 0.316. The molecule has 0 aliphatic heterocycles. The van der Waals surface area contributed by atoms with Crippen LogP contribution in [-0.2, 0) is 6.54 Å². The van der Waals surface area contributed by atoms with Crippen molar-refractivity contribution >= 4 is 11.0 Å². The standard InChI is InChI=1S/C19H19F3N2O/c1-18(2,3)11-24-12-23-15-10-13(8-9-16(15)24)14-6-4-5-7-17(14)25-19(20,21)22/h4-10,12H,11H2,1-3H3. The summed E-state index contributed by atoms with van der Waals surface area (Å²) in [5.41, 5.74) is 2.80. The normalized spacial score (nSPS) is 12.6. The molecule has 0 aliphatic rings. The quantitative estimate of drug-likeness (QED) is 0.612. The highest BCUT2D eigenvalue weighted by Crippen LogP contribution is 2.35. The molecular weight excluding hydrogens is 329 g/mol. The van der Waals surface area contributed by atoms with Crippen LogP contribution >= 0.6 is 0 Å². The number of nitrogens with zero attached hydrogens (tertiary/aromatic N) is 2. The number of rotatable bonds is 3. The van der Waals surface area contributed by atoms with Gasteiger partial charge in [-0.15, -0.1) is 13.2 Å². The van der Waals surface area contributed by atoms with E-state index in [9.17, 15) is 13.2 Å². The molecule has 1 aromatic heterocycles. The Morgan fingerprint density at radius 3 is 2.44 bits per heavy atom. The van der Waals surface area contributed by atoms with E-state index in [-0.39, 0.29) is 11.2 Å². The average Bonchev–Trinajstić information content (AvgIpc) is 2.86. The number of imidazole rings is 1. The molecule has 1 heterocycles. The summed E-state index contributed by atoms with van der Waals surface area (Å²) in [5.74, 6) is -0.219. The molecule has 0 atom stereocenters. The van der Waals surface area contributed by atoms with Crippen LogP contribution in [0.3, 0.4) is 0 Å². The van der Waals surface area contributed by atoms with Crippen LogP contribution in [0.4, 0.5) is 13.2 Å². The average molecular weight is 348 g/mol. The summed E-state index contributed by atoms with van der Waals surface area (Å²) in [6, 6.07) is 11.6. The molecule has 0 fully saturated rings. The van der Waals surface area contributed by atoms with Crippen molar-refractivity contribution in [3.63, 3.8) is 0 Å². The predicted octanol–water partition coefficient (Wildman–Crippen LogP) is 5.65. The molecule has 3 aromatic rings. The summed E-state index contributed by atoms with van der Waals surface area (Å²) >= 11 is 0. The predicted molar refractivity (Wildman–Crippen MR) is 91.3 cm³/mol. The largest absolute Gasteiger partial charge is 0.573 e. The van der Waals surface area contributed by atoms with Crippen molar-refractivity contribution in [2.75, 3.05) is 0 Å². The highest BCUT2D eigenvalue weighted by molar-refractivity contribution is 5.83. The summed E-state index contributed by atoms with van der Waals surface area (Å²) in [7, 11) is 0. The lowest BCUT2D eigenvalue weighted by Crippen LogP contribution is -2.17. The Kier molecular flexibility index (Phi) is 4.22. The number of alkyl halides is 3. The van der Waals surface area contributed by atoms with E-state index in [0.29, 0.717) is 11.1 Å². The van der Waals surface area contributed by atoms with Gasteiger partial charge in [0.1, 0.15) is 5.75 Å². The minimum Gasteiger partial charge on any atom is -0.405 e. The molecule has 0 unspecified atom stereocenters. The third kappa shape index (κ3) is 4.13. The van der Waals surface area contributed by atoms with Crippen LogP contribution in [0.5, 0.6) is 5.75 Å². The summed E-state index contributed by atoms with van der Waals surface area (Å²) < 4.78 is 44.0. The maximum Gasteiger partial charge on any atom is 0.573 e. The van der Waals surface area contributed by atoms with Gasteiger partial charge in [0, 0.05) is 12.1 Å². The lowest BCUT2D eigenvalue weighted by molar-refractivity contribution is -0.274. The van der Waals surface area contributed by atoms with Crippen molar-refractivity contribution in [3.05, 3.63) is 48.8 Å². The zero-order valence-electron chi connectivity index (χ0n) is 14.3. The Balaban J connectivity index is 2.01. The van der Waals surface area contributed by atoms with Gasteiger partial charge in [-0.2, -0.15) is 0 Å². The lowest BCUT2D eigenvalue weighted by Gasteiger charge is -2.19. The molecule has 0 radical (unpaired) electrons. The third-order valence-electron chi connectivity index (χ3n) is 3.69. The highest BCUT2D eigenvalue weighted by Gasteiger charge is 2.32. The van der Waals surface area contributed by atoms with E-state index in [1.807, 2.05) is 6.07 Å². The molecule has 132 valence electrons. The van der Waals surface area contributed by atoms with Crippen LogP contribution < -0.4 is 4.74 Å². The Morgan fingerprint density at radius 2 is 1.76 bits per heavy atom. The topological polar surface area (TPSA) is 27.1 Å². The molecule has 3 rings (SSSR count). The van der Waals surface area contributed by atoms with Crippen molar-refractivity contribution in [2.45, 2.75) is 33.7 Å². The van der Waals surface area contributed by atoms with Gasteiger partial charge in [-0.1, -0.05) is 45.0 Å². The number of aromatic nitrogens is 2. The van der Waals surface area contributed by atoms with Gasteiger partial charge in [-0.25, -0.2) is 4.98 Å². The molecule has 0 bridgehead atoms. The summed E-state index contributed by atoms with van der Waals surface area (Å²) in [6.07, 6.45) is -2.97. The van der Waals surface area contributed by atoms with E-state index in [1.54, 1.807) is 30.6 Å². The van der Waals surface area contributed by atoms with Crippen molar-refractivity contribution in [2.24, 2.45) is 5.41 Å². The molecule has 0 aliphatic carbocycles. The van der Waals surface area contributed by atoms with E-state index < -0.39 is 6.36 Å². The Bertz CT molecular complexity index is 892. The second-order valence-electron chi connectivity index (χ2n) is 7.18. The van der Waals surface area contributed by atoms with Crippen LogP contribution in [-0.4, -0.2) is 15.9 Å². The second-order valence-corrected chi connectivity index (χ2v) is 7.18. The number of para-hydroxylation sites is 1. The zero-order chi connectivity index (χ0) is 18.2. The fourth-order valence-electron chi connectivity index (χ4n) is 2.79. The van der Waals surface area contributed by atoms with E-state index in [2.05, 4.69) is 35.1 Å². The van der Waals surface area contributed by atoms with Crippen LogP contribution in [0.1, 0.15) is 20.8 Å². The Hall–Kier alpha value is -2.50. The van der Waals surface area contributed by atoms with E-state index >= 15 is 0 Å². The number of hydrogen-bond acceptors (Lipinski definition) is 2. The Morgan fingerprint density at radius 1 is 1.04 bits per heavy atom. The zero-order valence-corrected chi connectivity index (χ0v) is 14.3. The van der Waals surface area contributed by atoms with Crippen LogP contribution in [0.15, 0.2) is 48.8 Å². The minimum absolute atomic E-state index is 0.0967. The fourth-order valence-corrected chi connectivity index (χ4v) is 2.79. The van der Waals surface area contributed by atoms with Crippen LogP contribution in [0.25, 0.3) is 22.2 Å². The molecule has 0 saturated carbocycles. The second kappa shape index (κ2) is 6.10. The van der Waals surface area contributed by atoms with Crippen molar-refractivity contribution in [1.82, 2.24) is 9.55 Å². The molecule has 0 saturated heterocycles. The van der Waals surface area contributed by atoms with Crippen LogP contribution in [0, 0.1) is 5.41 Å². The molecule has 6 heteroatoms. The summed E-state index contributed by atoms with van der Waals surface area (Å²) in [5, 5.41) is 0. The number of fused-ring (bicyclic) bond motifs is 1. The molecule has 0 spiro atoms. The van der Waals surface area contributed by atoms with Gasteiger partial charge in [0.25, 0.3) is 0 Å². The first-order valence-electron chi connectivity index (χ1n) is 7.92. The molecule has 25 heavy (non-hydrogen) atoms. The number of benzene rings is 2. The molecule has 2 aromatic carbocycles. The van der Waals surface area contributed by atoms with Crippen molar-refractivity contribution in [3.8, 4) is 16.9 Å². The van der Waals surface area contributed by atoms with Gasteiger partial charge in [-0.3, -0.25) is 0 Å². The smallest absolute Gasteiger partial charge is 0.405 e. The van der Waals surface area contributed by atoms with Gasteiger partial charge < -0.3 is 9.30 Å². The van der Waals surface area contributed by atoms with Gasteiger partial charge in [0.05, 0.1) is 17.4 Å². The van der Waals surface area contributed by atoms with E-state index in [4.69, 9.17) is 0 Å². The molecular formula is C19H19F3N2O. The monoisotopic (exact) mass is 348 g/mol. The van der Waals surface area contributed by atoms with Crippen LogP contribution in [0.2, 0.25) is 0 Å². The number of hydrogen-bond donors (Lipinski definition) is 0. The Labute approximate surface area is 144 Å². The van der Waals surface area contributed by atoms with Gasteiger partial charge in [-0.05, 0) is 29.2 Å². The third-order valence-corrected chi connectivity index (χ3v) is 3.69. The minimum atomic E-state index is -4.73. The van der Waals surface area contributed by atoms with Gasteiger partial charge in [0.15, 0.2) is 0 Å². The SMILES string of the molecule is CC(C)(C)Cn1cnc2cc(-c3ccccc3OC(F)(F)F)ccc21. The van der Waals surface area contributed by atoms with E-state index in [0.717, 1.165) is 17.6 Å². The molecule has 0 amide bonds. The van der Waals surface area contributed by atoms with Crippen molar-refractivity contribution in [1.29, 1.82) is 0 Å². The van der Waals surface area contributed by atoms with Gasteiger partial charge >= 0.3 is 6.36 Å². The van der Waals surface area contributed by atoms with E-state index in [1.165, 1.54) is 12.1 Å². The van der Waals surface area contributed by atoms with Crippen molar-refractivity contribution < 1.29 is 17.9 Å². The lowest BCUT2D eigenvalue weighted by atomic mass is 9.97.